The molecule has 0 radical (unpaired) electrons. The molecule has 0 saturated heterocycles. The van der Waals surface area contributed by atoms with Crippen LogP contribution in [0.5, 0.6) is 0 Å². The molecule has 0 aliphatic carbocycles. The first-order valence-electron chi connectivity index (χ1n) is 8.10. The first-order chi connectivity index (χ1) is 10.3. The van der Waals surface area contributed by atoms with Gasteiger partial charge in [-0.3, -0.25) is 0 Å². The maximum atomic E-state index is 5.94. The van der Waals surface area contributed by atoms with Crippen molar-refractivity contribution in [3.8, 4) is 0 Å². The summed E-state index contributed by atoms with van der Waals surface area (Å²) in [6, 6.07) is 4.37. The van der Waals surface area contributed by atoms with Crippen LogP contribution in [-0.2, 0) is 19.4 Å². The van der Waals surface area contributed by atoms with Crippen LogP contribution in [0.1, 0.15) is 57.0 Å². The lowest BCUT2D eigenvalue weighted by atomic mass is 10.1. The molecule has 2 aromatic rings. The Morgan fingerprint density at radius 1 is 1.24 bits per heavy atom. The van der Waals surface area contributed by atoms with Crippen molar-refractivity contribution in [2.24, 2.45) is 0 Å². The van der Waals surface area contributed by atoms with Crippen molar-refractivity contribution in [1.82, 2.24) is 14.9 Å². The van der Waals surface area contributed by atoms with Crippen molar-refractivity contribution in [2.75, 3.05) is 6.54 Å². The fourth-order valence-electron chi connectivity index (χ4n) is 2.52. The van der Waals surface area contributed by atoms with Gasteiger partial charge in [-0.25, -0.2) is 4.98 Å². The van der Waals surface area contributed by atoms with Crippen molar-refractivity contribution in [1.29, 1.82) is 0 Å². The van der Waals surface area contributed by atoms with E-state index in [0.717, 1.165) is 56.1 Å². The van der Waals surface area contributed by atoms with E-state index in [2.05, 4.69) is 54.0 Å². The van der Waals surface area contributed by atoms with Gasteiger partial charge in [-0.05, 0) is 31.5 Å². The Morgan fingerprint density at radius 3 is 2.76 bits per heavy atom. The molecule has 4 heteroatoms. The molecule has 0 fully saturated rings. The molecule has 2 heterocycles. The lowest BCUT2D eigenvalue weighted by Gasteiger charge is -2.17. The van der Waals surface area contributed by atoms with Gasteiger partial charge >= 0.3 is 0 Å². The van der Waals surface area contributed by atoms with Crippen LogP contribution < -0.4 is 5.32 Å². The van der Waals surface area contributed by atoms with Gasteiger partial charge in [-0.15, -0.1) is 0 Å². The van der Waals surface area contributed by atoms with Crippen LogP contribution in [0.4, 0.5) is 0 Å². The van der Waals surface area contributed by atoms with Gasteiger partial charge in [0.2, 0.25) is 0 Å². The van der Waals surface area contributed by atoms with Crippen LogP contribution in [0.2, 0.25) is 0 Å². The van der Waals surface area contributed by atoms with Gasteiger partial charge in [-0.1, -0.05) is 20.8 Å². The zero-order valence-corrected chi connectivity index (χ0v) is 13.4. The Morgan fingerprint density at radius 2 is 2.10 bits per heavy atom. The molecule has 2 aromatic heterocycles. The van der Waals surface area contributed by atoms with E-state index in [4.69, 9.17) is 4.42 Å². The highest BCUT2D eigenvalue weighted by atomic mass is 16.3. The molecule has 1 N–H and O–H groups in total. The Kier molecular flexibility index (Phi) is 6.05. The van der Waals surface area contributed by atoms with Gasteiger partial charge in [0.25, 0.3) is 0 Å². The summed E-state index contributed by atoms with van der Waals surface area (Å²) in [7, 11) is 0. The maximum absolute atomic E-state index is 5.94. The first-order valence-corrected chi connectivity index (χ1v) is 8.10. The van der Waals surface area contributed by atoms with E-state index in [0.29, 0.717) is 0 Å². The topological polar surface area (TPSA) is 43.0 Å². The summed E-state index contributed by atoms with van der Waals surface area (Å²) in [5, 5.41) is 3.58. The van der Waals surface area contributed by atoms with E-state index in [1.807, 2.05) is 6.20 Å². The number of nitrogens with one attached hydrogen (secondary N) is 1. The molecule has 1 atom stereocenters. The molecular formula is C17H27N3O. The number of rotatable bonds is 9. The molecule has 0 aromatic carbocycles. The number of nitrogens with zero attached hydrogens (tertiary/aromatic N) is 2. The number of hydrogen-bond acceptors (Lipinski definition) is 3. The predicted octanol–water partition coefficient (Wildman–Crippen LogP) is 3.73. The van der Waals surface area contributed by atoms with Gasteiger partial charge in [0.15, 0.2) is 0 Å². The minimum atomic E-state index is 0.197. The molecule has 116 valence electrons. The number of aryl methyl sites for hydroxylation is 2. The van der Waals surface area contributed by atoms with E-state index in [1.165, 1.54) is 0 Å². The Bertz CT molecular complexity index is 530. The van der Waals surface area contributed by atoms with Crippen molar-refractivity contribution < 1.29 is 4.42 Å². The van der Waals surface area contributed by atoms with Gasteiger partial charge < -0.3 is 14.3 Å². The number of imidazole rings is 1. The zero-order chi connectivity index (χ0) is 15.1. The fraction of sp³-hybridized carbons (Fsp3) is 0.588. The third-order valence-corrected chi connectivity index (χ3v) is 3.67. The highest BCUT2D eigenvalue weighted by molar-refractivity contribution is 5.13. The molecule has 0 spiro atoms. The first kappa shape index (κ1) is 15.8. The average molecular weight is 289 g/mol. The number of furan rings is 1. The summed E-state index contributed by atoms with van der Waals surface area (Å²) in [5.74, 6) is 3.19. The molecule has 0 bridgehead atoms. The molecule has 0 aliphatic rings. The van der Waals surface area contributed by atoms with E-state index in [-0.39, 0.29) is 6.04 Å². The summed E-state index contributed by atoms with van der Waals surface area (Å²) in [5.41, 5.74) is 0. The van der Waals surface area contributed by atoms with Crippen LogP contribution in [0.3, 0.4) is 0 Å². The summed E-state index contributed by atoms with van der Waals surface area (Å²) < 4.78 is 8.18. The third-order valence-electron chi connectivity index (χ3n) is 3.67. The summed E-state index contributed by atoms with van der Waals surface area (Å²) >= 11 is 0. The van der Waals surface area contributed by atoms with Gasteiger partial charge in [0, 0.05) is 31.8 Å². The lowest BCUT2D eigenvalue weighted by molar-refractivity contribution is 0.385. The van der Waals surface area contributed by atoms with Crippen molar-refractivity contribution >= 4 is 0 Å². The van der Waals surface area contributed by atoms with E-state index < -0.39 is 0 Å². The average Bonchev–Trinajstić information content (AvgIpc) is 3.13. The fourth-order valence-corrected chi connectivity index (χ4v) is 2.52. The summed E-state index contributed by atoms with van der Waals surface area (Å²) in [4.78, 5) is 4.52. The largest absolute Gasteiger partial charge is 0.464 e. The second-order valence-corrected chi connectivity index (χ2v) is 5.41. The van der Waals surface area contributed by atoms with Crippen LogP contribution >= 0.6 is 0 Å². The second-order valence-electron chi connectivity index (χ2n) is 5.41. The quantitative estimate of drug-likeness (QED) is 0.765. The highest BCUT2D eigenvalue weighted by Crippen LogP contribution is 2.21. The van der Waals surface area contributed by atoms with Crippen LogP contribution in [0.25, 0.3) is 0 Å². The third kappa shape index (κ3) is 4.21. The summed E-state index contributed by atoms with van der Waals surface area (Å²) in [6.07, 6.45) is 7.99. The second kappa shape index (κ2) is 8.03. The molecule has 0 aliphatic heterocycles. The number of hydrogen-bond donors (Lipinski definition) is 1. The standard InChI is InChI=1S/C17H27N3O/c1-4-9-18-15(16-8-7-14(6-3)21-16)13-17-19-10-12-20(17)11-5-2/h7-8,10,12,15,18H,4-6,9,11,13H2,1-3H3. The van der Waals surface area contributed by atoms with Gasteiger partial charge in [0.1, 0.15) is 17.3 Å². The highest BCUT2D eigenvalue weighted by Gasteiger charge is 2.18. The molecule has 4 nitrogen and oxygen atoms in total. The Labute approximate surface area is 127 Å². The molecular weight excluding hydrogens is 262 g/mol. The van der Waals surface area contributed by atoms with E-state index in [9.17, 15) is 0 Å². The van der Waals surface area contributed by atoms with Crippen LogP contribution in [0.15, 0.2) is 28.9 Å². The normalized spacial score (nSPS) is 12.7. The molecule has 1 unspecified atom stereocenters. The molecule has 0 amide bonds. The molecule has 2 rings (SSSR count). The van der Waals surface area contributed by atoms with Gasteiger partial charge in [-0.2, -0.15) is 0 Å². The SMILES string of the molecule is CCCNC(Cc1nccn1CCC)c1ccc(CC)o1. The lowest BCUT2D eigenvalue weighted by Crippen LogP contribution is -2.25. The smallest absolute Gasteiger partial charge is 0.121 e. The minimum Gasteiger partial charge on any atom is -0.464 e. The monoisotopic (exact) mass is 289 g/mol. The van der Waals surface area contributed by atoms with E-state index in [1.54, 1.807) is 0 Å². The Balaban J connectivity index is 2.13. The predicted molar refractivity (Wildman–Crippen MR) is 85.3 cm³/mol. The zero-order valence-electron chi connectivity index (χ0n) is 13.4. The van der Waals surface area contributed by atoms with Gasteiger partial charge in [0.05, 0.1) is 6.04 Å². The summed E-state index contributed by atoms with van der Waals surface area (Å²) in [6.45, 7) is 8.50. The van der Waals surface area contributed by atoms with Crippen molar-refractivity contribution in [3.05, 3.63) is 41.9 Å². The molecule has 21 heavy (non-hydrogen) atoms. The maximum Gasteiger partial charge on any atom is 0.121 e. The van der Waals surface area contributed by atoms with E-state index >= 15 is 0 Å². The van der Waals surface area contributed by atoms with Crippen molar-refractivity contribution in [2.45, 2.75) is 59.0 Å². The number of aromatic nitrogens is 2. The molecule has 0 saturated carbocycles. The van der Waals surface area contributed by atoms with Crippen LogP contribution in [0, 0.1) is 0 Å². The van der Waals surface area contributed by atoms with Crippen molar-refractivity contribution in [3.63, 3.8) is 0 Å². The Hall–Kier alpha value is -1.55. The van der Waals surface area contributed by atoms with Crippen LogP contribution in [-0.4, -0.2) is 16.1 Å². The minimum absolute atomic E-state index is 0.197.